The molecular formula is C16H16BrNO3. The standard InChI is InChI=1S/C16H16BrNO3/c1-18(13-5-7-14(21-2)8-6-13)10-12-4-3-11(16(19)20)9-15(12)17/h3-9H,10H2,1-2H3,(H,19,20). The topological polar surface area (TPSA) is 49.8 Å². The number of carboxylic acid groups (broad SMARTS) is 1. The summed E-state index contributed by atoms with van der Waals surface area (Å²) in [4.78, 5) is 13.0. The molecule has 0 saturated heterocycles. The molecule has 5 heteroatoms. The van der Waals surface area contributed by atoms with Crippen molar-refractivity contribution in [2.24, 2.45) is 0 Å². The Kier molecular flexibility index (Phi) is 4.85. The van der Waals surface area contributed by atoms with Crippen molar-refractivity contribution in [1.82, 2.24) is 0 Å². The zero-order chi connectivity index (χ0) is 15.4. The van der Waals surface area contributed by atoms with Crippen molar-refractivity contribution in [2.75, 3.05) is 19.1 Å². The van der Waals surface area contributed by atoms with E-state index in [1.165, 1.54) is 0 Å². The Labute approximate surface area is 132 Å². The Hall–Kier alpha value is -2.01. The lowest BCUT2D eigenvalue weighted by molar-refractivity contribution is 0.0697. The maximum Gasteiger partial charge on any atom is 0.335 e. The number of hydrogen-bond acceptors (Lipinski definition) is 3. The van der Waals surface area contributed by atoms with Gasteiger partial charge in [-0.1, -0.05) is 22.0 Å². The van der Waals surface area contributed by atoms with E-state index in [9.17, 15) is 4.79 Å². The molecule has 0 atom stereocenters. The first-order valence-electron chi connectivity index (χ1n) is 6.38. The minimum atomic E-state index is -0.925. The number of nitrogens with zero attached hydrogens (tertiary/aromatic N) is 1. The Morgan fingerprint density at radius 3 is 2.43 bits per heavy atom. The van der Waals surface area contributed by atoms with Gasteiger partial charge in [-0.2, -0.15) is 0 Å². The van der Waals surface area contributed by atoms with Crippen molar-refractivity contribution in [3.8, 4) is 5.75 Å². The van der Waals surface area contributed by atoms with E-state index in [1.807, 2.05) is 37.4 Å². The number of anilines is 1. The number of methoxy groups -OCH3 is 1. The quantitative estimate of drug-likeness (QED) is 0.891. The Balaban J connectivity index is 2.14. The highest BCUT2D eigenvalue weighted by molar-refractivity contribution is 9.10. The van der Waals surface area contributed by atoms with Gasteiger partial charge in [0.05, 0.1) is 12.7 Å². The van der Waals surface area contributed by atoms with Crippen LogP contribution in [0.3, 0.4) is 0 Å². The molecular weight excluding hydrogens is 334 g/mol. The number of carboxylic acids is 1. The van der Waals surface area contributed by atoms with Crippen LogP contribution in [0.15, 0.2) is 46.9 Å². The average molecular weight is 350 g/mol. The molecule has 0 unspecified atom stereocenters. The summed E-state index contributed by atoms with van der Waals surface area (Å²) in [5.74, 6) is -0.107. The van der Waals surface area contributed by atoms with Crippen molar-refractivity contribution >= 4 is 27.6 Å². The van der Waals surface area contributed by atoms with Crippen LogP contribution in [0, 0.1) is 0 Å². The van der Waals surface area contributed by atoms with Gasteiger partial charge in [0, 0.05) is 23.8 Å². The van der Waals surface area contributed by atoms with E-state index in [2.05, 4.69) is 20.8 Å². The molecule has 0 aliphatic carbocycles. The van der Waals surface area contributed by atoms with Crippen molar-refractivity contribution in [2.45, 2.75) is 6.54 Å². The van der Waals surface area contributed by atoms with Gasteiger partial charge < -0.3 is 14.7 Å². The summed E-state index contributed by atoms with van der Waals surface area (Å²) in [7, 11) is 3.62. The minimum absolute atomic E-state index is 0.276. The summed E-state index contributed by atoms with van der Waals surface area (Å²) >= 11 is 3.43. The van der Waals surface area contributed by atoms with Crippen LogP contribution in [-0.2, 0) is 6.54 Å². The van der Waals surface area contributed by atoms with Crippen molar-refractivity contribution in [1.29, 1.82) is 0 Å². The number of carbonyl (C=O) groups is 1. The average Bonchev–Trinajstić information content (AvgIpc) is 2.49. The third kappa shape index (κ3) is 3.76. The third-order valence-corrected chi connectivity index (χ3v) is 3.96. The van der Waals surface area contributed by atoms with Crippen LogP contribution < -0.4 is 9.64 Å². The number of aromatic carboxylic acids is 1. The van der Waals surface area contributed by atoms with Gasteiger partial charge in [-0.05, 0) is 42.0 Å². The normalized spacial score (nSPS) is 10.2. The Bertz CT molecular complexity index is 640. The molecule has 1 N–H and O–H groups in total. The second-order valence-corrected chi connectivity index (χ2v) is 5.52. The molecule has 0 aliphatic rings. The molecule has 0 fully saturated rings. The highest BCUT2D eigenvalue weighted by atomic mass is 79.9. The van der Waals surface area contributed by atoms with Crippen LogP contribution in [0.25, 0.3) is 0 Å². The monoisotopic (exact) mass is 349 g/mol. The lowest BCUT2D eigenvalue weighted by atomic mass is 10.1. The van der Waals surface area contributed by atoms with Crippen LogP contribution in [0.1, 0.15) is 15.9 Å². The van der Waals surface area contributed by atoms with Crippen LogP contribution in [0.2, 0.25) is 0 Å². The molecule has 0 saturated carbocycles. The zero-order valence-electron chi connectivity index (χ0n) is 11.8. The van der Waals surface area contributed by atoms with Gasteiger partial charge in [0.2, 0.25) is 0 Å². The van der Waals surface area contributed by atoms with Crippen LogP contribution in [0.4, 0.5) is 5.69 Å². The largest absolute Gasteiger partial charge is 0.497 e. The fourth-order valence-electron chi connectivity index (χ4n) is 1.99. The smallest absolute Gasteiger partial charge is 0.335 e. The fourth-order valence-corrected chi connectivity index (χ4v) is 2.50. The maximum absolute atomic E-state index is 10.9. The molecule has 0 aromatic heterocycles. The van der Waals surface area contributed by atoms with E-state index in [4.69, 9.17) is 9.84 Å². The Morgan fingerprint density at radius 2 is 1.90 bits per heavy atom. The van der Waals surface area contributed by atoms with Crippen LogP contribution >= 0.6 is 15.9 Å². The van der Waals surface area contributed by atoms with Crippen LogP contribution in [-0.4, -0.2) is 25.2 Å². The summed E-state index contributed by atoms with van der Waals surface area (Å²) in [6.07, 6.45) is 0. The number of benzene rings is 2. The predicted molar refractivity (Wildman–Crippen MR) is 86.2 cm³/mol. The third-order valence-electron chi connectivity index (χ3n) is 3.22. The van der Waals surface area contributed by atoms with E-state index < -0.39 is 5.97 Å². The lowest BCUT2D eigenvalue weighted by Crippen LogP contribution is -2.16. The Morgan fingerprint density at radius 1 is 1.24 bits per heavy atom. The minimum Gasteiger partial charge on any atom is -0.497 e. The highest BCUT2D eigenvalue weighted by Gasteiger charge is 2.09. The van der Waals surface area contributed by atoms with Gasteiger partial charge in [-0.3, -0.25) is 0 Å². The van der Waals surface area contributed by atoms with Crippen molar-refractivity contribution < 1.29 is 14.6 Å². The summed E-state index contributed by atoms with van der Waals surface area (Å²) < 4.78 is 5.93. The first kappa shape index (κ1) is 15.4. The predicted octanol–water partition coefficient (Wildman–Crippen LogP) is 3.79. The van der Waals surface area contributed by atoms with E-state index in [-0.39, 0.29) is 5.56 Å². The summed E-state index contributed by atoms with van der Waals surface area (Å²) in [5.41, 5.74) is 2.36. The van der Waals surface area contributed by atoms with Gasteiger partial charge >= 0.3 is 5.97 Å². The highest BCUT2D eigenvalue weighted by Crippen LogP contribution is 2.24. The van der Waals surface area contributed by atoms with Gasteiger partial charge in [0.1, 0.15) is 5.75 Å². The zero-order valence-corrected chi connectivity index (χ0v) is 13.4. The molecule has 2 aromatic carbocycles. The SMILES string of the molecule is COc1ccc(N(C)Cc2ccc(C(=O)O)cc2Br)cc1. The molecule has 0 radical (unpaired) electrons. The number of rotatable bonds is 5. The summed E-state index contributed by atoms with van der Waals surface area (Å²) in [6.45, 7) is 0.673. The molecule has 0 bridgehead atoms. The first-order chi connectivity index (χ1) is 10.0. The van der Waals surface area contributed by atoms with Crippen LogP contribution in [0.5, 0.6) is 5.75 Å². The summed E-state index contributed by atoms with van der Waals surface area (Å²) in [6, 6.07) is 12.9. The second-order valence-electron chi connectivity index (χ2n) is 4.67. The second kappa shape index (κ2) is 6.63. The molecule has 21 heavy (non-hydrogen) atoms. The molecule has 4 nitrogen and oxygen atoms in total. The molecule has 2 rings (SSSR count). The van der Waals surface area contributed by atoms with E-state index in [1.54, 1.807) is 19.2 Å². The van der Waals surface area contributed by atoms with E-state index >= 15 is 0 Å². The van der Waals surface area contributed by atoms with Gasteiger partial charge in [0.15, 0.2) is 0 Å². The lowest BCUT2D eigenvalue weighted by Gasteiger charge is -2.20. The van der Waals surface area contributed by atoms with Gasteiger partial charge in [-0.25, -0.2) is 4.79 Å². The number of halogens is 1. The maximum atomic E-state index is 10.9. The van der Waals surface area contributed by atoms with Gasteiger partial charge in [-0.15, -0.1) is 0 Å². The van der Waals surface area contributed by atoms with E-state index in [0.29, 0.717) is 6.54 Å². The molecule has 0 aliphatic heterocycles. The first-order valence-corrected chi connectivity index (χ1v) is 7.17. The molecule has 0 heterocycles. The number of hydrogen-bond donors (Lipinski definition) is 1. The molecule has 0 amide bonds. The molecule has 2 aromatic rings. The van der Waals surface area contributed by atoms with Crippen molar-refractivity contribution in [3.63, 3.8) is 0 Å². The molecule has 0 spiro atoms. The summed E-state index contributed by atoms with van der Waals surface area (Å²) in [5, 5.41) is 8.97. The van der Waals surface area contributed by atoms with Crippen molar-refractivity contribution in [3.05, 3.63) is 58.1 Å². The number of ether oxygens (including phenoxy) is 1. The molecule has 110 valence electrons. The van der Waals surface area contributed by atoms with E-state index in [0.717, 1.165) is 21.5 Å². The fraction of sp³-hybridized carbons (Fsp3) is 0.188. The van der Waals surface area contributed by atoms with Gasteiger partial charge in [0.25, 0.3) is 0 Å².